The van der Waals surface area contributed by atoms with Crippen molar-refractivity contribution in [2.45, 2.75) is 13.3 Å². The predicted molar refractivity (Wildman–Crippen MR) is 39.6 cm³/mol. The third-order valence-electron chi connectivity index (χ3n) is 1.60. The van der Waals surface area contributed by atoms with Crippen molar-refractivity contribution in [3.8, 4) is 0 Å². The van der Waals surface area contributed by atoms with Gasteiger partial charge in [0, 0.05) is 6.21 Å². The molecule has 1 heterocycles. The van der Waals surface area contributed by atoms with Gasteiger partial charge in [-0.2, -0.15) is 0 Å². The Bertz CT molecular complexity index is 242. The fourth-order valence-corrected chi connectivity index (χ4v) is 0.866. The van der Waals surface area contributed by atoms with Gasteiger partial charge in [-0.05, 0) is 6.42 Å². The number of ketones is 1. The fourth-order valence-electron chi connectivity index (χ4n) is 0.866. The minimum atomic E-state index is -0.626. The Morgan fingerprint density at radius 2 is 2.27 bits per heavy atom. The molecule has 0 radical (unpaired) electrons. The van der Waals surface area contributed by atoms with E-state index in [2.05, 4.69) is 4.99 Å². The molecule has 2 N–H and O–H groups in total. The van der Waals surface area contributed by atoms with Crippen molar-refractivity contribution >= 4 is 12.0 Å². The van der Waals surface area contributed by atoms with Crippen LogP contribution < -0.4 is 0 Å². The highest BCUT2D eigenvalue weighted by atomic mass is 16.3. The second-order valence-corrected chi connectivity index (χ2v) is 2.33. The molecule has 0 bridgehead atoms. The molecule has 1 aliphatic heterocycles. The summed E-state index contributed by atoms with van der Waals surface area (Å²) in [7, 11) is 0. The summed E-state index contributed by atoms with van der Waals surface area (Å²) in [5, 5.41) is 17.7. The molecule has 1 unspecified atom stereocenters. The lowest BCUT2D eigenvalue weighted by molar-refractivity contribution is -0.120. The average molecular weight is 155 g/mol. The lowest BCUT2D eigenvalue weighted by Crippen LogP contribution is -2.21. The van der Waals surface area contributed by atoms with Gasteiger partial charge in [0.05, 0.1) is 5.92 Å². The molecule has 0 aromatic rings. The number of aliphatic hydroxyl groups excluding tert-OH is 2. The van der Waals surface area contributed by atoms with Crippen molar-refractivity contribution in [2.75, 3.05) is 0 Å². The van der Waals surface area contributed by atoms with E-state index >= 15 is 0 Å². The summed E-state index contributed by atoms with van der Waals surface area (Å²) in [4.78, 5) is 14.5. The molecule has 0 saturated carbocycles. The molecule has 0 aromatic carbocycles. The maximum atomic E-state index is 11.0. The van der Waals surface area contributed by atoms with Crippen molar-refractivity contribution in [3.05, 3.63) is 11.6 Å². The first-order valence-electron chi connectivity index (χ1n) is 3.37. The lowest BCUT2D eigenvalue weighted by Gasteiger charge is -2.11. The van der Waals surface area contributed by atoms with Gasteiger partial charge in [0.25, 0.3) is 5.88 Å². The molecule has 1 atom stereocenters. The lowest BCUT2D eigenvalue weighted by atomic mass is 10.00. The molecule has 1 aliphatic rings. The average Bonchev–Trinajstić information content (AvgIpc) is 2.01. The number of Topliss-reactive ketones (excluding diaryl/α,β-unsaturated/α-hetero) is 1. The van der Waals surface area contributed by atoms with E-state index in [1.807, 2.05) is 6.92 Å². The summed E-state index contributed by atoms with van der Waals surface area (Å²) in [6.45, 7) is 1.81. The van der Waals surface area contributed by atoms with Gasteiger partial charge >= 0.3 is 0 Å². The predicted octanol–water partition coefficient (Wildman–Crippen LogP) is 0.951. The molecule has 1 rings (SSSR count). The highest BCUT2D eigenvalue weighted by Crippen LogP contribution is 2.15. The van der Waals surface area contributed by atoms with E-state index in [1.165, 1.54) is 6.21 Å². The van der Waals surface area contributed by atoms with Crippen LogP contribution in [0.3, 0.4) is 0 Å². The highest BCUT2D eigenvalue weighted by molar-refractivity contribution is 6.06. The number of aliphatic hydroxyl groups is 2. The van der Waals surface area contributed by atoms with Crippen molar-refractivity contribution in [1.82, 2.24) is 0 Å². The first kappa shape index (κ1) is 7.78. The topological polar surface area (TPSA) is 69.9 Å². The third-order valence-corrected chi connectivity index (χ3v) is 1.60. The molecule has 4 heteroatoms. The van der Waals surface area contributed by atoms with Gasteiger partial charge in [0.15, 0.2) is 0 Å². The number of rotatable bonds is 1. The van der Waals surface area contributed by atoms with Crippen molar-refractivity contribution in [1.29, 1.82) is 0 Å². The van der Waals surface area contributed by atoms with Crippen molar-refractivity contribution < 1.29 is 15.0 Å². The maximum Gasteiger partial charge on any atom is 0.257 e. The van der Waals surface area contributed by atoms with Crippen molar-refractivity contribution in [2.24, 2.45) is 10.9 Å². The van der Waals surface area contributed by atoms with Crippen LogP contribution in [0.25, 0.3) is 0 Å². The normalized spacial score (nSPS) is 24.5. The van der Waals surface area contributed by atoms with Crippen molar-refractivity contribution in [3.63, 3.8) is 0 Å². The molecule has 0 aliphatic carbocycles. The highest BCUT2D eigenvalue weighted by Gasteiger charge is 2.25. The Kier molecular flexibility index (Phi) is 1.94. The summed E-state index contributed by atoms with van der Waals surface area (Å²) < 4.78 is 0. The fraction of sp³-hybridized carbons (Fsp3) is 0.429. The number of carbonyl (C=O) groups excluding carboxylic acids is 1. The minimum absolute atomic E-state index is 0.383. The van der Waals surface area contributed by atoms with E-state index in [9.17, 15) is 4.79 Å². The number of hydrogen-bond donors (Lipinski definition) is 2. The van der Waals surface area contributed by atoms with Gasteiger partial charge in [-0.1, -0.05) is 6.92 Å². The van der Waals surface area contributed by atoms with Crippen LogP contribution in [-0.2, 0) is 4.79 Å². The van der Waals surface area contributed by atoms with E-state index in [-0.39, 0.29) is 5.92 Å². The Hall–Kier alpha value is -1.32. The third kappa shape index (κ3) is 1.24. The first-order chi connectivity index (χ1) is 5.16. The molecule has 0 amide bonds. The largest absolute Gasteiger partial charge is 0.501 e. The molecule has 0 saturated heterocycles. The minimum Gasteiger partial charge on any atom is -0.501 e. The molecular formula is C7H9NO3. The van der Waals surface area contributed by atoms with Crippen LogP contribution in [-0.4, -0.2) is 22.2 Å². The summed E-state index contributed by atoms with van der Waals surface area (Å²) in [6.07, 6.45) is 1.93. The number of aliphatic imine (C=N–C) groups is 1. The van der Waals surface area contributed by atoms with E-state index in [1.54, 1.807) is 0 Å². The zero-order chi connectivity index (χ0) is 8.43. The van der Waals surface area contributed by atoms with Crippen LogP contribution >= 0.6 is 0 Å². The molecule has 11 heavy (non-hydrogen) atoms. The van der Waals surface area contributed by atoms with Crippen LogP contribution in [0.2, 0.25) is 0 Å². The quantitative estimate of drug-likeness (QED) is 0.592. The van der Waals surface area contributed by atoms with E-state index in [4.69, 9.17) is 10.2 Å². The van der Waals surface area contributed by atoms with Gasteiger partial charge in [-0.3, -0.25) is 4.79 Å². The van der Waals surface area contributed by atoms with Gasteiger partial charge in [-0.25, -0.2) is 4.99 Å². The summed E-state index contributed by atoms with van der Waals surface area (Å²) in [5.74, 6) is -2.05. The summed E-state index contributed by atoms with van der Waals surface area (Å²) in [5.41, 5.74) is 0. The molecule has 4 nitrogen and oxygen atoms in total. The zero-order valence-electron chi connectivity index (χ0n) is 6.11. The Morgan fingerprint density at radius 1 is 1.64 bits per heavy atom. The van der Waals surface area contributed by atoms with E-state index in [0.717, 1.165) is 0 Å². The smallest absolute Gasteiger partial charge is 0.257 e. The van der Waals surface area contributed by atoms with E-state index in [0.29, 0.717) is 6.42 Å². The first-order valence-corrected chi connectivity index (χ1v) is 3.37. The van der Waals surface area contributed by atoms with Gasteiger partial charge < -0.3 is 10.2 Å². The maximum absolute atomic E-state index is 11.0. The molecule has 60 valence electrons. The monoisotopic (exact) mass is 155 g/mol. The Balaban J connectivity index is 2.91. The van der Waals surface area contributed by atoms with Crippen LogP contribution in [0.4, 0.5) is 0 Å². The number of carbonyl (C=O) groups is 1. The number of nitrogens with zero attached hydrogens (tertiary/aromatic N) is 1. The van der Waals surface area contributed by atoms with Crippen LogP contribution in [0, 0.1) is 5.92 Å². The molecule has 0 spiro atoms. The Labute approximate surface area is 63.9 Å². The van der Waals surface area contributed by atoms with Crippen LogP contribution in [0.1, 0.15) is 13.3 Å². The zero-order valence-corrected chi connectivity index (χ0v) is 6.11. The second kappa shape index (κ2) is 2.74. The van der Waals surface area contributed by atoms with Gasteiger partial charge in [-0.15, -0.1) is 0 Å². The van der Waals surface area contributed by atoms with Gasteiger partial charge in [0.1, 0.15) is 0 Å². The molecule has 0 fully saturated rings. The van der Waals surface area contributed by atoms with E-state index < -0.39 is 17.4 Å². The molecule has 0 aromatic heterocycles. The number of allylic oxidation sites excluding steroid dienone is 1. The summed E-state index contributed by atoms with van der Waals surface area (Å²) >= 11 is 0. The SMILES string of the molecule is CCC1C=NC(O)=C(O)C1=O. The van der Waals surface area contributed by atoms with Gasteiger partial charge in [0.2, 0.25) is 11.5 Å². The van der Waals surface area contributed by atoms with Crippen LogP contribution in [0.5, 0.6) is 0 Å². The molecular weight excluding hydrogens is 146 g/mol. The summed E-state index contributed by atoms with van der Waals surface area (Å²) in [6, 6.07) is 0. The Morgan fingerprint density at radius 3 is 2.82 bits per heavy atom. The number of hydrogen-bond acceptors (Lipinski definition) is 4. The van der Waals surface area contributed by atoms with Crippen LogP contribution in [0.15, 0.2) is 16.6 Å². The standard InChI is InChI=1S/C7H9NO3/c1-2-4-3-8-7(11)6(10)5(4)9/h3-4,10-11H,2H2,1H3. The second-order valence-electron chi connectivity index (χ2n) is 2.33.